The molecule has 0 atom stereocenters. The fraction of sp³-hybridized carbons (Fsp3) is 0.857. The summed E-state index contributed by atoms with van der Waals surface area (Å²) < 4.78 is 25.4. The second kappa shape index (κ2) is 5.17. The molecule has 0 fully saturated rings. The van der Waals surface area contributed by atoms with Crippen LogP contribution >= 0.6 is 0 Å². The minimum atomic E-state index is -3.35. The largest absolute Gasteiger partial charge is 0.281 e. The van der Waals surface area contributed by atoms with Crippen LogP contribution in [0.1, 0.15) is 13.3 Å². The molecule has 0 unspecified atom stereocenters. The van der Waals surface area contributed by atoms with Crippen LogP contribution in [-0.2, 0) is 10.2 Å². The zero-order valence-corrected chi connectivity index (χ0v) is 9.00. The third-order valence-corrected chi connectivity index (χ3v) is 3.63. The molecule has 0 bridgehead atoms. The van der Waals surface area contributed by atoms with Crippen molar-refractivity contribution in [3.8, 4) is 6.07 Å². The Morgan fingerprint density at radius 3 is 2.23 bits per heavy atom. The quantitative estimate of drug-likeness (QED) is 0.636. The first-order valence-corrected chi connectivity index (χ1v) is 5.41. The van der Waals surface area contributed by atoms with E-state index in [9.17, 15) is 8.42 Å². The maximum absolute atomic E-state index is 11.5. The van der Waals surface area contributed by atoms with Crippen molar-refractivity contribution in [2.75, 3.05) is 27.2 Å². The lowest BCUT2D eigenvalue weighted by Crippen LogP contribution is -2.40. The second-order valence-corrected chi connectivity index (χ2v) is 4.83. The van der Waals surface area contributed by atoms with Gasteiger partial charge in [0.2, 0.25) is 0 Å². The standard InChI is InChI=1S/C7H15N3O2S/c1-4-10(7-5-6-8)13(11,12)9(2)3/h4-5,7H2,1-3H3. The van der Waals surface area contributed by atoms with E-state index in [-0.39, 0.29) is 13.0 Å². The first kappa shape index (κ1) is 12.4. The predicted octanol–water partition coefficient (Wildman–Crippen LogP) is 0.0284. The molecule has 0 saturated carbocycles. The lowest BCUT2D eigenvalue weighted by Gasteiger charge is -2.22. The average molecular weight is 205 g/mol. The molecule has 0 rings (SSSR count). The maximum atomic E-state index is 11.5. The minimum Gasteiger partial charge on any atom is -0.198 e. The van der Waals surface area contributed by atoms with Crippen molar-refractivity contribution < 1.29 is 8.42 Å². The summed E-state index contributed by atoms with van der Waals surface area (Å²) in [5.41, 5.74) is 0. The van der Waals surface area contributed by atoms with E-state index in [0.29, 0.717) is 6.54 Å². The highest BCUT2D eigenvalue weighted by Crippen LogP contribution is 2.04. The Hall–Kier alpha value is -0.640. The van der Waals surface area contributed by atoms with Crippen molar-refractivity contribution in [3.05, 3.63) is 0 Å². The summed E-state index contributed by atoms with van der Waals surface area (Å²) in [5.74, 6) is 0. The maximum Gasteiger partial charge on any atom is 0.281 e. The average Bonchev–Trinajstić information content (AvgIpc) is 2.05. The van der Waals surface area contributed by atoms with Crippen LogP contribution in [0, 0.1) is 11.3 Å². The van der Waals surface area contributed by atoms with Crippen LogP contribution in [0.2, 0.25) is 0 Å². The van der Waals surface area contributed by atoms with E-state index in [1.165, 1.54) is 18.4 Å². The fourth-order valence-electron chi connectivity index (χ4n) is 0.842. The first-order chi connectivity index (χ1) is 5.96. The van der Waals surface area contributed by atoms with Crippen LogP contribution in [0.3, 0.4) is 0 Å². The van der Waals surface area contributed by atoms with Crippen molar-refractivity contribution in [2.45, 2.75) is 13.3 Å². The summed E-state index contributed by atoms with van der Waals surface area (Å²) in [5, 5.41) is 8.33. The summed E-state index contributed by atoms with van der Waals surface area (Å²) >= 11 is 0. The third kappa shape index (κ3) is 3.30. The molecule has 5 nitrogen and oxygen atoms in total. The second-order valence-electron chi connectivity index (χ2n) is 2.69. The Bertz CT molecular complexity index is 279. The summed E-state index contributed by atoms with van der Waals surface area (Å²) in [4.78, 5) is 0. The highest BCUT2D eigenvalue weighted by molar-refractivity contribution is 7.86. The molecule has 0 aliphatic rings. The van der Waals surface area contributed by atoms with Gasteiger partial charge in [0.25, 0.3) is 10.2 Å². The fourth-order valence-corrected chi connectivity index (χ4v) is 1.95. The number of nitrogens with zero attached hydrogens (tertiary/aromatic N) is 3. The Kier molecular flexibility index (Phi) is 4.91. The lowest BCUT2D eigenvalue weighted by atomic mass is 10.5. The molecule has 0 aromatic heterocycles. The Labute approximate surface area is 79.7 Å². The molecular weight excluding hydrogens is 190 g/mol. The van der Waals surface area contributed by atoms with Gasteiger partial charge in [0.15, 0.2) is 0 Å². The normalized spacial score (nSPS) is 12.0. The van der Waals surface area contributed by atoms with Gasteiger partial charge in [-0.1, -0.05) is 6.92 Å². The predicted molar refractivity (Wildman–Crippen MR) is 50.1 cm³/mol. The van der Waals surface area contributed by atoms with E-state index >= 15 is 0 Å². The zero-order chi connectivity index (χ0) is 10.5. The van der Waals surface area contributed by atoms with E-state index in [4.69, 9.17) is 5.26 Å². The van der Waals surface area contributed by atoms with E-state index < -0.39 is 10.2 Å². The smallest absolute Gasteiger partial charge is 0.198 e. The molecule has 0 radical (unpaired) electrons. The van der Waals surface area contributed by atoms with Crippen molar-refractivity contribution in [1.82, 2.24) is 8.61 Å². The number of hydrogen-bond acceptors (Lipinski definition) is 3. The lowest BCUT2D eigenvalue weighted by molar-refractivity contribution is 0.392. The Morgan fingerprint density at radius 2 is 1.92 bits per heavy atom. The van der Waals surface area contributed by atoms with Crippen LogP contribution in [-0.4, -0.2) is 44.2 Å². The number of rotatable bonds is 5. The molecule has 13 heavy (non-hydrogen) atoms. The van der Waals surface area contributed by atoms with E-state index in [1.54, 1.807) is 6.92 Å². The summed E-state index contributed by atoms with van der Waals surface area (Å²) in [7, 11) is -0.393. The van der Waals surface area contributed by atoms with Gasteiger partial charge in [-0.05, 0) is 0 Å². The van der Waals surface area contributed by atoms with Gasteiger partial charge in [-0.2, -0.15) is 22.3 Å². The summed E-state index contributed by atoms with van der Waals surface area (Å²) in [6, 6.07) is 1.92. The zero-order valence-electron chi connectivity index (χ0n) is 8.19. The van der Waals surface area contributed by atoms with Gasteiger partial charge >= 0.3 is 0 Å². The molecule has 6 heteroatoms. The van der Waals surface area contributed by atoms with Crippen molar-refractivity contribution in [1.29, 1.82) is 5.26 Å². The Balaban J connectivity index is 4.50. The molecular formula is C7H15N3O2S. The SMILES string of the molecule is CCN(CCC#N)S(=O)(=O)N(C)C. The van der Waals surface area contributed by atoms with Crippen molar-refractivity contribution in [3.63, 3.8) is 0 Å². The van der Waals surface area contributed by atoms with E-state index in [0.717, 1.165) is 4.31 Å². The number of hydrogen-bond donors (Lipinski definition) is 0. The van der Waals surface area contributed by atoms with Crippen LogP contribution in [0.15, 0.2) is 0 Å². The highest BCUT2D eigenvalue weighted by Gasteiger charge is 2.21. The van der Waals surface area contributed by atoms with Crippen LogP contribution < -0.4 is 0 Å². The molecule has 0 aliphatic carbocycles. The topological polar surface area (TPSA) is 64.4 Å². The summed E-state index contributed by atoms with van der Waals surface area (Å²) in [6.07, 6.45) is 0.223. The molecule has 0 N–H and O–H groups in total. The molecule has 76 valence electrons. The van der Waals surface area contributed by atoms with Crippen LogP contribution in [0.4, 0.5) is 0 Å². The van der Waals surface area contributed by atoms with Gasteiger partial charge in [-0.25, -0.2) is 0 Å². The molecule has 0 heterocycles. The van der Waals surface area contributed by atoms with Gasteiger partial charge in [0.05, 0.1) is 6.07 Å². The monoisotopic (exact) mass is 205 g/mol. The minimum absolute atomic E-state index is 0.223. The number of nitriles is 1. The molecule has 0 saturated heterocycles. The third-order valence-electron chi connectivity index (χ3n) is 1.61. The molecule has 0 aliphatic heterocycles. The van der Waals surface area contributed by atoms with Crippen molar-refractivity contribution >= 4 is 10.2 Å². The van der Waals surface area contributed by atoms with Gasteiger partial charge < -0.3 is 0 Å². The van der Waals surface area contributed by atoms with Gasteiger partial charge in [-0.15, -0.1) is 0 Å². The van der Waals surface area contributed by atoms with Gasteiger partial charge in [0.1, 0.15) is 0 Å². The van der Waals surface area contributed by atoms with E-state index in [1.807, 2.05) is 6.07 Å². The first-order valence-electron chi connectivity index (χ1n) is 4.01. The van der Waals surface area contributed by atoms with E-state index in [2.05, 4.69) is 0 Å². The van der Waals surface area contributed by atoms with Crippen molar-refractivity contribution in [2.24, 2.45) is 0 Å². The van der Waals surface area contributed by atoms with Gasteiger partial charge in [0, 0.05) is 33.6 Å². The van der Waals surface area contributed by atoms with Gasteiger partial charge in [-0.3, -0.25) is 0 Å². The molecule has 0 aromatic rings. The highest BCUT2D eigenvalue weighted by atomic mass is 32.2. The summed E-state index contributed by atoms with van der Waals surface area (Å²) in [6.45, 7) is 2.40. The molecule has 0 spiro atoms. The Morgan fingerprint density at radius 1 is 1.38 bits per heavy atom. The molecule has 0 aromatic carbocycles. The van der Waals surface area contributed by atoms with Crippen LogP contribution in [0.5, 0.6) is 0 Å². The van der Waals surface area contributed by atoms with Crippen LogP contribution in [0.25, 0.3) is 0 Å². The molecule has 0 amide bonds.